The van der Waals surface area contributed by atoms with Gasteiger partial charge in [-0.05, 0) is 42.0 Å². The van der Waals surface area contributed by atoms with Gasteiger partial charge in [0.05, 0.1) is 12.1 Å². The van der Waals surface area contributed by atoms with Crippen LogP contribution in [0.1, 0.15) is 23.0 Å². The first-order chi connectivity index (χ1) is 19.1. The van der Waals surface area contributed by atoms with Gasteiger partial charge in [-0.3, -0.25) is 18.9 Å². The molecule has 3 N–H and O–H groups in total. The van der Waals surface area contributed by atoms with Gasteiger partial charge >= 0.3 is 23.8 Å². The number of carbonyl (C=O) groups excluding carboxylic acids is 1. The van der Waals surface area contributed by atoms with E-state index in [-0.39, 0.29) is 27.8 Å². The molecule has 2 unspecified atom stereocenters. The topological polar surface area (TPSA) is 148 Å². The number of H-pyrrole nitrogens is 1. The molecule has 4 rings (SSSR count). The van der Waals surface area contributed by atoms with Crippen LogP contribution in [-0.4, -0.2) is 47.8 Å². The summed E-state index contributed by atoms with van der Waals surface area (Å²) in [6.45, 7) is -2.18. The predicted molar refractivity (Wildman–Crippen MR) is 128 cm³/mol. The fourth-order valence-electron chi connectivity index (χ4n) is 3.71. The lowest BCUT2D eigenvalue weighted by Crippen LogP contribution is -2.39. The fourth-order valence-corrected chi connectivity index (χ4v) is 3.84. The zero-order valence-electron chi connectivity index (χ0n) is 20.2. The molecule has 0 saturated carbocycles. The van der Waals surface area contributed by atoms with E-state index in [1.165, 1.54) is 30.3 Å². The van der Waals surface area contributed by atoms with Gasteiger partial charge in [0.25, 0.3) is 0 Å². The Morgan fingerprint density at radius 1 is 1.10 bits per heavy atom. The summed E-state index contributed by atoms with van der Waals surface area (Å²) in [7, 11) is 0. The molecule has 1 amide bonds. The summed E-state index contributed by atoms with van der Waals surface area (Å²) in [4.78, 5) is 39.6. The van der Waals surface area contributed by atoms with Gasteiger partial charge in [-0.1, -0.05) is 28.9 Å². The highest BCUT2D eigenvalue weighted by Crippen LogP contribution is 2.31. The maximum absolute atomic E-state index is 13.3. The molecule has 0 spiro atoms. The van der Waals surface area contributed by atoms with Crippen LogP contribution in [0, 0.1) is 0 Å². The Bertz CT molecular complexity index is 1660. The number of nitrogens with zero attached hydrogens (tertiary/aromatic N) is 4. The average Bonchev–Trinajstić information content (AvgIpc) is 3.45. The molecule has 0 radical (unpaired) electrons. The van der Waals surface area contributed by atoms with Crippen LogP contribution < -0.4 is 16.8 Å². The smallest absolute Gasteiger partial charge is 0.382 e. The minimum absolute atomic E-state index is 0.127. The van der Waals surface area contributed by atoms with Crippen molar-refractivity contribution in [3.8, 4) is 11.4 Å². The van der Waals surface area contributed by atoms with Crippen molar-refractivity contribution in [3.05, 3.63) is 91.5 Å². The molecule has 0 aliphatic rings. The molecule has 2 aromatic carbocycles. The molecule has 41 heavy (non-hydrogen) atoms. The minimum Gasteiger partial charge on any atom is -0.382 e. The number of aromatic amines is 1. The van der Waals surface area contributed by atoms with Crippen molar-refractivity contribution in [2.45, 2.75) is 37.6 Å². The zero-order chi connectivity index (χ0) is 30.1. The maximum Gasteiger partial charge on any atom is 0.438 e. The molecule has 218 valence electrons. The van der Waals surface area contributed by atoms with Gasteiger partial charge in [0, 0.05) is 10.6 Å². The Morgan fingerprint density at radius 3 is 2.37 bits per heavy atom. The van der Waals surface area contributed by atoms with E-state index in [0.29, 0.717) is 15.3 Å². The Kier molecular flexibility index (Phi) is 8.12. The third-order valence-electron chi connectivity index (χ3n) is 5.64. The van der Waals surface area contributed by atoms with Gasteiger partial charge in [-0.2, -0.15) is 26.3 Å². The lowest BCUT2D eigenvalue weighted by molar-refractivity contribution is -0.207. The van der Waals surface area contributed by atoms with Crippen LogP contribution in [-0.2, 0) is 24.1 Å². The van der Waals surface area contributed by atoms with Crippen molar-refractivity contribution in [2.75, 3.05) is 0 Å². The van der Waals surface area contributed by atoms with Gasteiger partial charge in [0.15, 0.2) is 17.8 Å². The molecule has 2 heterocycles. The second kappa shape index (κ2) is 11.2. The summed E-state index contributed by atoms with van der Waals surface area (Å²) < 4.78 is 84.4. The Labute approximate surface area is 229 Å². The van der Waals surface area contributed by atoms with Crippen molar-refractivity contribution in [1.82, 2.24) is 29.8 Å². The first-order valence-electron chi connectivity index (χ1n) is 11.3. The number of amides is 1. The van der Waals surface area contributed by atoms with Crippen molar-refractivity contribution >= 4 is 17.5 Å². The van der Waals surface area contributed by atoms with E-state index in [1.807, 2.05) is 0 Å². The van der Waals surface area contributed by atoms with Crippen LogP contribution in [0.5, 0.6) is 0 Å². The van der Waals surface area contributed by atoms with Crippen molar-refractivity contribution in [3.63, 3.8) is 0 Å². The molecule has 0 aliphatic heterocycles. The van der Waals surface area contributed by atoms with Crippen LogP contribution >= 0.6 is 11.6 Å². The van der Waals surface area contributed by atoms with Gasteiger partial charge in [0.2, 0.25) is 5.91 Å². The predicted octanol–water partition coefficient (Wildman–Crippen LogP) is 2.89. The van der Waals surface area contributed by atoms with E-state index in [4.69, 9.17) is 11.6 Å². The molecule has 2 aromatic heterocycles. The number of aromatic nitrogens is 5. The summed E-state index contributed by atoms with van der Waals surface area (Å²) in [5.74, 6) is -2.84. The molecule has 11 nitrogen and oxygen atoms in total. The van der Waals surface area contributed by atoms with Gasteiger partial charge in [-0.15, -0.1) is 5.10 Å². The number of rotatable bonds is 8. The van der Waals surface area contributed by atoms with Crippen LogP contribution in [0.25, 0.3) is 11.4 Å². The van der Waals surface area contributed by atoms with E-state index >= 15 is 0 Å². The minimum atomic E-state index is -5.08. The van der Waals surface area contributed by atoms with Crippen LogP contribution in [0.3, 0.4) is 0 Å². The highest BCUT2D eigenvalue weighted by Gasteiger charge is 2.39. The molecular weight excluding hydrogens is 590 g/mol. The molecule has 0 bridgehead atoms. The number of alkyl halides is 6. The fraction of sp³-hybridized carbons (Fsp3) is 0.261. The molecule has 0 fully saturated rings. The first-order valence-corrected chi connectivity index (χ1v) is 11.7. The quantitative estimate of drug-likeness (QED) is 0.261. The number of nitrogens with one attached hydrogen (secondary N) is 2. The number of benzene rings is 2. The van der Waals surface area contributed by atoms with E-state index in [1.54, 1.807) is 0 Å². The Hall–Kier alpha value is -4.38. The SMILES string of the molecule is O=C(Cn1nc(-c2ccc(Cl)cc2)n(CC(O)C(F)(F)F)c1=O)NC(c1cccc(C(F)(F)F)c1)c1noc(=O)[nH]1. The number of carbonyl (C=O) groups is 1. The summed E-state index contributed by atoms with van der Waals surface area (Å²) in [6.07, 6.45) is -12.8. The summed E-state index contributed by atoms with van der Waals surface area (Å²) in [5.41, 5.74) is -2.34. The normalized spacial score (nSPS) is 13.7. The average molecular weight is 607 g/mol. The lowest BCUT2D eigenvalue weighted by atomic mass is 10.0. The highest BCUT2D eigenvalue weighted by molar-refractivity contribution is 6.30. The summed E-state index contributed by atoms with van der Waals surface area (Å²) >= 11 is 5.84. The number of halogens is 7. The molecule has 2 atom stereocenters. The zero-order valence-corrected chi connectivity index (χ0v) is 21.0. The lowest BCUT2D eigenvalue weighted by Gasteiger charge is -2.17. The summed E-state index contributed by atoms with van der Waals surface area (Å²) in [6, 6.07) is 7.63. The third kappa shape index (κ3) is 6.86. The number of hydrogen-bond donors (Lipinski definition) is 3. The maximum atomic E-state index is 13.3. The van der Waals surface area contributed by atoms with Crippen molar-refractivity contribution < 1.29 is 40.8 Å². The first kappa shape index (κ1) is 29.6. The molecule has 18 heteroatoms. The van der Waals surface area contributed by atoms with Gasteiger partial charge in [0.1, 0.15) is 12.6 Å². The van der Waals surface area contributed by atoms with Crippen molar-refractivity contribution in [2.24, 2.45) is 0 Å². The largest absolute Gasteiger partial charge is 0.438 e. The van der Waals surface area contributed by atoms with Crippen molar-refractivity contribution in [1.29, 1.82) is 0 Å². The van der Waals surface area contributed by atoms with Crippen LogP contribution in [0.2, 0.25) is 5.02 Å². The van der Waals surface area contributed by atoms with E-state index in [2.05, 4.69) is 25.1 Å². The molecular formula is C23H17ClF6N6O5. The molecule has 0 saturated heterocycles. The monoisotopic (exact) mass is 606 g/mol. The highest BCUT2D eigenvalue weighted by atomic mass is 35.5. The van der Waals surface area contributed by atoms with Gasteiger partial charge in [-0.25, -0.2) is 14.3 Å². The Balaban J connectivity index is 1.68. The summed E-state index contributed by atoms with van der Waals surface area (Å²) in [5, 5.41) is 19.5. The standard InChI is InChI=1S/C23H17ClF6N6O5/c24-14-6-4-11(5-7-14)19-33-36(21(40)35(19)9-15(37)23(28,29)30)10-16(38)31-17(18-32-20(39)41-34-18)12-2-1-3-13(8-12)22(25,26)27/h1-8,15,17,37H,9-10H2,(H,31,38)(H,32,34,39). The second-order valence-corrected chi connectivity index (χ2v) is 8.98. The van der Waals surface area contributed by atoms with E-state index in [0.717, 1.165) is 12.1 Å². The van der Waals surface area contributed by atoms with Crippen LogP contribution in [0.4, 0.5) is 26.3 Å². The number of aliphatic hydroxyl groups excluding tert-OH is 1. The van der Waals surface area contributed by atoms with E-state index < -0.39 is 60.5 Å². The number of aliphatic hydroxyl groups is 1. The Morgan fingerprint density at radius 2 is 1.78 bits per heavy atom. The molecule has 4 aromatic rings. The van der Waals surface area contributed by atoms with Gasteiger partial charge < -0.3 is 10.4 Å². The number of hydrogen-bond acceptors (Lipinski definition) is 7. The van der Waals surface area contributed by atoms with Crippen LogP contribution in [0.15, 0.2) is 62.6 Å². The molecule has 0 aliphatic carbocycles. The van der Waals surface area contributed by atoms with E-state index in [9.17, 15) is 45.8 Å². The third-order valence-corrected chi connectivity index (χ3v) is 5.89. The second-order valence-electron chi connectivity index (χ2n) is 8.54.